The van der Waals surface area contributed by atoms with Crippen molar-refractivity contribution < 1.29 is 4.79 Å². The van der Waals surface area contributed by atoms with Crippen molar-refractivity contribution in [3.8, 4) is 5.69 Å². The van der Waals surface area contributed by atoms with Crippen LogP contribution in [0.15, 0.2) is 60.7 Å². The summed E-state index contributed by atoms with van der Waals surface area (Å²) in [5.41, 5.74) is 4.72. The Morgan fingerprint density at radius 2 is 1.81 bits per heavy atom. The molecule has 2 heterocycles. The maximum Gasteiger partial charge on any atom is 0.252 e. The number of carbonyl (C=O) groups is 1. The van der Waals surface area contributed by atoms with Crippen LogP contribution in [0.3, 0.4) is 0 Å². The largest absolute Gasteiger partial charge is 0.350 e. The number of benzene rings is 2. The first kappa shape index (κ1) is 21.1. The van der Waals surface area contributed by atoms with Crippen LogP contribution in [-0.4, -0.2) is 26.7 Å². The molecule has 4 aromatic rings. The second-order valence-electron chi connectivity index (χ2n) is 7.86. The first-order chi connectivity index (χ1) is 14.9. The van der Waals surface area contributed by atoms with E-state index in [1.807, 2.05) is 69.3 Å². The lowest BCUT2D eigenvalue weighted by Crippen LogP contribution is -2.33. The molecule has 6 heteroatoms. The average molecular weight is 433 g/mol. The van der Waals surface area contributed by atoms with Crippen molar-refractivity contribution in [3.63, 3.8) is 0 Å². The zero-order chi connectivity index (χ0) is 22.0. The average Bonchev–Trinajstić information content (AvgIpc) is 3.08. The van der Waals surface area contributed by atoms with Gasteiger partial charge in [-0.25, -0.2) is 9.67 Å². The molecular weight excluding hydrogens is 408 g/mol. The quantitative estimate of drug-likeness (QED) is 0.441. The van der Waals surface area contributed by atoms with Gasteiger partial charge in [-0.05, 0) is 57.4 Å². The smallest absolute Gasteiger partial charge is 0.252 e. The molecule has 0 fully saturated rings. The summed E-state index contributed by atoms with van der Waals surface area (Å²) < 4.78 is 1.72. The molecule has 4 rings (SSSR count). The molecule has 1 atom stereocenters. The molecule has 0 aliphatic rings. The van der Waals surface area contributed by atoms with E-state index in [9.17, 15) is 4.79 Å². The van der Waals surface area contributed by atoms with Crippen molar-refractivity contribution in [2.45, 2.75) is 39.7 Å². The molecule has 1 amide bonds. The Hall–Kier alpha value is -3.18. The van der Waals surface area contributed by atoms with E-state index in [4.69, 9.17) is 11.6 Å². The maximum absolute atomic E-state index is 13.2. The Bertz CT molecular complexity index is 1230. The lowest BCUT2D eigenvalue weighted by molar-refractivity contribution is 0.0940. The van der Waals surface area contributed by atoms with Gasteiger partial charge in [-0.15, -0.1) is 0 Å². The third-order valence-electron chi connectivity index (χ3n) is 5.35. The number of fused-ring (bicyclic) bond motifs is 1. The number of carbonyl (C=O) groups excluding carboxylic acids is 1. The zero-order valence-corrected chi connectivity index (χ0v) is 18.6. The summed E-state index contributed by atoms with van der Waals surface area (Å²) in [6, 6.07) is 19.7. The Labute approximate surface area is 187 Å². The number of hydrogen-bond donors (Lipinski definition) is 1. The number of halogens is 1. The van der Waals surface area contributed by atoms with Gasteiger partial charge >= 0.3 is 0 Å². The number of hydrogen-bond acceptors (Lipinski definition) is 3. The molecule has 0 aliphatic carbocycles. The van der Waals surface area contributed by atoms with Crippen LogP contribution >= 0.6 is 11.6 Å². The maximum atomic E-state index is 13.2. The van der Waals surface area contributed by atoms with Gasteiger partial charge in [-0.1, -0.05) is 54.1 Å². The first-order valence-electron chi connectivity index (χ1n) is 10.4. The van der Waals surface area contributed by atoms with Crippen LogP contribution in [0.25, 0.3) is 16.7 Å². The Morgan fingerprint density at radius 1 is 1.10 bits per heavy atom. The molecule has 0 aliphatic heterocycles. The number of nitrogens with zero attached hydrogens (tertiary/aromatic N) is 3. The summed E-state index contributed by atoms with van der Waals surface area (Å²) in [7, 11) is 0. The number of rotatable bonds is 6. The summed E-state index contributed by atoms with van der Waals surface area (Å²) >= 11 is 6.40. The molecule has 31 heavy (non-hydrogen) atoms. The molecular formula is C25H25ClN4O. The lowest BCUT2D eigenvalue weighted by Gasteiger charge is -2.15. The lowest BCUT2D eigenvalue weighted by atomic mass is 10.0. The monoisotopic (exact) mass is 432 g/mol. The van der Waals surface area contributed by atoms with Gasteiger partial charge in [0.15, 0.2) is 5.65 Å². The Kier molecular flexibility index (Phi) is 6.05. The minimum atomic E-state index is -0.113. The van der Waals surface area contributed by atoms with Crippen LogP contribution < -0.4 is 5.32 Å². The van der Waals surface area contributed by atoms with Gasteiger partial charge in [0, 0.05) is 11.7 Å². The van der Waals surface area contributed by atoms with E-state index in [0.29, 0.717) is 16.2 Å². The highest BCUT2D eigenvalue weighted by molar-refractivity contribution is 6.32. The van der Waals surface area contributed by atoms with Crippen molar-refractivity contribution in [2.75, 3.05) is 0 Å². The van der Waals surface area contributed by atoms with Crippen molar-refractivity contribution in [3.05, 3.63) is 88.2 Å². The van der Waals surface area contributed by atoms with Crippen molar-refractivity contribution in [2.24, 2.45) is 0 Å². The van der Waals surface area contributed by atoms with E-state index in [1.54, 1.807) is 4.68 Å². The fraction of sp³-hybridized carbons (Fsp3) is 0.240. The van der Waals surface area contributed by atoms with Crippen LogP contribution in [-0.2, 0) is 6.42 Å². The van der Waals surface area contributed by atoms with Gasteiger partial charge in [-0.2, -0.15) is 5.10 Å². The standard InChI is InChI=1S/C25H25ClN4O/c1-16(13-14-19-9-5-4-6-10-19)28-25(31)20-15-17(2)27-24-23(20)18(3)29-30(24)22-12-8-7-11-21(22)26/h4-12,15-16H,13-14H2,1-3H3,(H,28,31)/t16-/m0/s1. The molecule has 158 valence electrons. The minimum Gasteiger partial charge on any atom is -0.350 e. The van der Waals surface area contributed by atoms with E-state index >= 15 is 0 Å². The number of amides is 1. The van der Waals surface area contributed by atoms with Crippen LogP contribution in [0.5, 0.6) is 0 Å². The molecule has 2 aromatic heterocycles. The number of aryl methyl sites for hydroxylation is 3. The van der Waals surface area contributed by atoms with E-state index < -0.39 is 0 Å². The summed E-state index contributed by atoms with van der Waals surface area (Å²) in [6.07, 6.45) is 1.78. The van der Waals surface area contributed by atoms with E-state index in [2.05, 4.69) is 27.5 Å². The summed E-state index contributed by atoms with van der Waals surface area (Å²) in [6.45, 7) is 5.81. The second-order valence-corrected chi connectivity index (χ2v) is 8.26. The molecule has 0 saturated heterocycles. The van der Waals surface area contributed by atoms with Crippen LogP contribution in [0.4, 0.5) is 0 Å². The fourth-order valence-corrected chi connectivity index (χ4v) is 4.00. The van der Waals surface area contributed by atoms with E-state index in [1.165, 1.54) is 5.56 Å². The highest BCUT2D eigenvalue weighted by Crippen LogP contribution is 2.28. The predicted molar refractivity (Wildman–Crippen MR) is 125 cm³/mol. The number of para-hydroxylation sites is 1. The number of aromatic nitrogens is 3. The van der Waals surface area contributed by atoms with Gasteiger partial charge in [0.2, 0.25) is 0 Å². The predicted octanol–water partition coefficient (Wildman–Crippen LogP) is 5.44. The number of pyridine rings is 1. The molecule has 5 nitrogen and oxygen atoms in total. The van der Waals surface area contributed by atoms with Crippen LogP contribution in [0.2, 0.25) is 5.02 Å². The third kappa shape index (κ3) is 4.47. The van der Waals surface area contributed by atoms with Crippen molar-refractivity contribution in [1.82, 2.24) is 20.1 Å². The van der Waals surface area contributed by atoms with Gasteiger partial charge in [0.05, 0.1) is 27.4 Å². The molecule has 0 spiro atoms. The van der Waals surface area contributed by atoms with Crippen molar-refractivity contribution >= 4 is 28.5 Å². The van der Waals surface area contributed by atoms with Gasteiger partial charge in [0.1, 0.15) is 0 Å². The second kappa shape index (κ2) is 8.90. The zero-order valence-electron chi connectivity index (χ0n) is 17.9. The van der Waals surface area contributed by atoms with E-state index in [0.717, 1.165) is 35.3 Å². The molecule has 0 saturated carbocycles. The van der Waals surface area contributed by atoms with Gasteiger partial charge < -0.3 is 5.32 Å². The highest BCUT2D eigenvalue weighted by Gasteiger charge is 2.21. The Balaban J connectivity index is 1.63. The van der Waals surface area contributed by atoms with E-state index in [-0.39, 0.29) is 11.9 Å². The molecule has 2 aromatic carbocycles. The molecule has 0 unspecified atom stereocenters. The summed E-state index contributed by atoms with van der Waals surface area (Å²) in [5, 5.41) is 9.12. The van der Waals surface area contributed by atoms with Crippen LogP contribution in [0, 0.1) is 13.8 Å². The number of nitrogens with one attached hydrogen (secondary N) is 1. The SMILES string of the molecule is Cc1cc(C(=O)N[C@@H](C)CCc2ccccc2)c2c(C)nn(-c3ccccc3Cl)c2n1. The van der Waals surface area contributed by atoms with Crippen LogP contribution in [0.1, 0.15) is 40.7 Å². The fourth-order valence-electron chi connectivity index (χ4n) is 3.79. The first-order valence-corrected chi connectivity index (χ1v) is 10.8. The Morgan fingerprint density at radius 3 is 2.55 bits per heavy atom. The minimum absolute atomic E-state index is 0.0372. The topological polar surface area (TPSA) is 59.8 Å². The molecule has 0 bridgehead atoms. The highest BCUT2D eigenvalue weighted by atomic mass is 35.5. The normalized spacial score (nSPS) is 12.1. The van der Waals surface area contributed by atoms with Gasteiger partial charge in [0.25, 0.3) is 5.91 Å². The molecule has 0 radical (unpaired) electrons. The third-order valence-corrected chi connectivity index (χ3v) is 5.67. The summed E-state index contributed by atoms with van der Waals surface area (Å²) in [4.78, 5) is 17.9. The van der Waals surface area contributed by atoms with Crippen molar-refractivity contribution in [1.29, 1.82) is 0 Å². The van der Waals surface area contributed by atoms with Gasteiger partial charge in [-0.3, -0.25) is 4.79 Å². The summed E-state index contributed by atoms with van der Waals surface area (Å²) in [5.74, 6) is -0.113. The molecule has 1 N–H and O–H groups in total.